The highest BCUT2D eigenvalue weighted by Crippen LogP contribution is 2.18. The molecule has 1 aliphatic rings. The topological polar surface area (TPSA) is 12.0 Å². The van der Waals surface area contributed by atoms with E-state index in [9.17, 15) is 0 Å². The van der Waals surface area contributed by atoms with E-state index in [1.54, 1.807) is 0 Å². The van der Waals surface area contributed by atoms with Gasteiger partial charge in [-0.1, -0.05) is 40.5 Å². The lowest BCUT2D eigenvalue weighted by molar-refractivity contribution is 0.285. The molecule has 1 aliphatic heterocycles. The van der Waals surface area contributed by atoms with Crippen molar-refractivity contribution in [3.63, 3.8) is 0 Å². The average molecular weight is 185 g/mol. The van der Waals surface area contributed by atoms with E-state index in [0.29, 0.717) is 0 Å². The van der Waals surface area contributed by atoms with Gasteiger partial charge in [0.2, 0.25) is 0 Å². The van der Waals surface area contributed by atoms with Gasteiger partial charge in [0.1, 0.15) is 0 Å². The summed E-state index contributed by atoms with van der Waals surface area (Å²) in [5, 5.41) is 3.57. The van der Waals surface area contributed by atoms with E-state index < -0.39 is 0 Å². The van der Waals surface area contributed by atoms with Gasteiger partial charge in [-0.25, -0.2) is 0 Å². The monoisotopic (exact) mass is 185 g/mol. The van der Waals surface area contributed by atoms with Crippen LogP contribution in [-0.4, -0.2) is 12.6 Å². The van der Waals surface area contributed by atoms with Crippen LogP contribution in [0.3, 0.4) is 0 Å². The van der Waals surface area contributed by atoms with Crippen molar-refractivity contribution in [1.29, 1.82) is 0 Å². The van der Waals surface area contributed by atoms with E-state index in [1.165, 1.54) is 38.6 Å². The summed E-state index contributed by atoms with van der Waals surface area (Å²) in [6.07, 6.45) is 6.74. The SMILES string of the molecule is CCC.CCC[C@@H]1NCCC[C@@H]1C. The van der Waals surface area contributed by atoms with Gasteiger partial charge in [0.05, 0.1) is 0 Å². The third-order valence-corrected chi connectivity index (χ3v) is 2.53. The predicted molar refractivity (Wildman–Crippen MR) is 61.1 cm³/mol. The summed E-state index contributed by atoms with van der Waals surface area (Å²) in [5.41, 5.74) is 0. The van der Waals surface area contributed by atoms with E-state index in [1.807, 2.05) is 0 Å². The Kier molecular flexibility index (Phi) is 8.53. The van der Waals surface area contributed by atoms with Crippen LogP contribution >= 0.6 is 0 Å². The molecule has 1 heterocycles. The zero-order valence-corrected chi connectivity index (χ0v) is 9.90. The summed E-state index contributed by atoms with van der Waals surface area (Å²) in [6.45, 7) is 10.1. The zero-order valence-electron chi connectivity index (χ0n) is 9.90. The Bertz CT molecular complexity index is 99.3. The lowest BCUT2D eigenvalue weighted by Crippen LogP contribution is -2.39. The van der Waals surface area contributed by atoms with Crippen molar-refractivity contribution in [3.8, 4) is 0 Å². The smallest absolute Gasteiger partial charge is 0.00925 e. The number of rotatable bonds is 2. The lowest BCUT2D eigenvalue weighted by Gasteiger charge is -2.29. The molecule has 80 valence electrons. The fraction of sp³-hybridized carbons (Fsp3) is 1.00. The third kappa shape index (κ3) is 6.09. The van der Waals surface area contributed by atoms with E-state index in [0.717, 1.165) is 12.0 Å². The Balaban J connectivity index is 0.000000424. The van der Waals surface area contributed by atoms with Crippen LogP contribution < -0.4 is 5.32 Å². The van der Waals surface area contributed by atoms with E-state index in [-0.39, 0.29) is 0 Å². The molecule has 1 heteroatoms. The maximum absolute atomic E-state index is 3.57. The Hall–Kier alpha value is -0.0400. The van der Waals surface area contributed by atoms with E-state index in [4.69, 9.17) is 0 Å². The number of hydrogen-bond donors (Lipinski definition) is 1. The number of hydrogen-bond acceptors (Lipinski definition) is 1. The normalized spacial score (nSPS) is 27.7. The largest absolute Gasteiger partial charge is 0.314 e. The predicted octanol–water partition coefficient (Wildman–Crippen LogP) is 3.59. The maximum Gasteiger partial charge on any atom is 0.00925 e. The van der Waals surface area contributed by atoms with Gasteiger partial charge in [0.15, 0.2) is 0 Å². The van der Waals surface area contributed by atoms with Crippen LogP contribution in [0.4, 0.5) is 0 Å². The van der Waals surface area contributed by atoms with Crippen molar-refractivity contribution >= 4 is 0 Å². The van der Waals surface area contributed by atoms with Gasteiger partial charge in [-0.15, -0.1) is 0 Å². The van der Waals surface area contributed by atoms with Gasteiger partial charge in [0, 0.05) is 6.04 Å². The molecule has 0 saturated carbocycles. The first-order chi connectivity index (χ1) is 6.26. The third-order valence-electron chi connectivity index (χ3n) is 2.53. The first kappa shape index (κ1) is 13.0. The Morgan fingerprint density at radius 3 is 2.31 bits per heavy atom. The fourth-order valence-electron chi connectivity index (χ4n) is 1.81. The van der Waals surface area contributed by atoms with Crippen molar-refractivity contribution in [1.82, 2.24) is 5.32 Å². The highest BCUT2D eigenvalue weighted by molar-refractivity contribution is 4.77. The Morgan fingerprint density at radius 2 is 1.85 bits per heavy atom. The minimum Gasteiger partial charge on any atom is -0.314 e. The Labute approximate surface area is 84.3 Å². The molecule has 0 unspecified atom stereocenters. The first-order valence-corrected chi connectivity index (χ1v) is 5.99. The van der Waals surface area contributed by atoms with Crippen LogP contribution in [0.15, 0.2) is 0 Å². The van der Waals surface area contributed by atoms with Gasteiger partial charge < -0.3 is 5.32 Å². The molecular weight excluding hydrogens is 158 g/mol. The molecule has 0 aromatic rings. The van der Waals surface area contributed by atoms with Crippen LogP contribution in [0.25, 0.3) is 0 Å². The van der Waals surface area contributed by atoms with Gasteiger partial charge in [-0.3, -0.25) is 0 Å². The summed E-state index contributed by atoms with van der Waals surface area (Å²) in [6, 6.07) is 0.818. The van der Waals surface area contributed by atoms with Gasteiger partial charge in [0.25, 0.3) is 0 Å². The molecule has 1 nitrogen and oxygen atoms in total. The average Bonchev–Trinajstić information content (AvgIpc) is 2.11. The highest BCUT2D eigenvalue weighted by atomic mass is 14.9. The molecule has 13 heavy (non-hydrogen) atoms. The molecule has 0 amide bonds. The van der Waals surface area contributed by atoms with Crippen LogP contribution in [0.2, 0.25) is 0 Å². The highest BCUT2D eigenvalue weighted by Gasteiger charge is 2.18. The van der Waals surface area contributed by atoms with Gasteiger partial charge in [-0.05, 0) is 31.7 Å². The van der Waals surface area contributed by atoms with Crippen LogP contribution in [0.5, 0.6) is 0 Å². The molecule has 2 atom stereocenters. The molecule has 1 saturated heterocycles. The number of nitrogens with one attached hydrogen (secondary N) is 1. The minimum absolute atomic E-state index is 0.818. The first-order valence-electron chi connectivity index (χ1n) is 5.99. The summed E-state index contributed by atoms with van der Waals surface area (Å²) in [4.78, 5) is 0. The van der Waals surface area contributed by atoms with Crippen molar-refractivity contribution in [3.05, 3.63) is 0 Å². The summed E-state index contributed by atoms with van der Waals surface area (Å²) in [5.74, 6) is 0.911. The van der Waals surface area contributed by atoms with Crippen molar-refractivity contribution in [2.75, 3.05) is 6.54 Å². The van der Waals surface area contributed by atoms with Crippen molar-refractivity contribution in [2.45, 2.75) is 65.8 Å². The van der Waals surface area contributed by atoms with E-state index >= 15 is 0 Å². The molecule has 0 aromatic carbocycles. The van der Waals surface area contributed by atoms with Crippen molar-refractivity contribution < 1.29 is 0 Å². The van der Waals surface area contributed by atoms with Gasteiger partial charge >= 0.3 is 0 Å². The second kappa shape index (κ2) is 8.55. The molecule has 1 fully saturated rings. The Morgan fingerprint density at radius 1 is 1.23 bits per heavy atom. The molecule has 1 N–H and O–H groups in total. The molecular formula is C12H27N. The van der Waals surface area contributed by atoms with Crippen molar-refractivity contribution in [2.24, 2.45) is 5.92 Å². The number of piperidine rings is 1. The molecule has 0 spiro atoms. The molecule has 1 rings (SSSR count). The second-order valence-electron chi connectivity index (χ2n) is 4.18. The maximum atomic E-state index is 3.57. The molecule has 0 aromatic heterocycles. The zero-order chi connectivity index (χ0) is 10.1. The lowest BCUT2D eigenvalue weighted by atomic mass is 9.90. The quantitative estimate of drug-likeness (QED) is 0.693. The van der Waals surface area contributed by atoms with Gasteiger partial charge in [-0.2, -0.15) is 0 Å². The van der Waals surface area contributed by atoms with E-state index in [2.05, 4.69) is 33.0 Å². The summed E-state index contributed by atoms with van der Waals surface area (Å²) in [7, 11) is 0. The van der Waals surface area contributed by atoms with Crippen LogP contribution in [0, 0.1) is 5.92 Å². The van der Waals surface area contributed by atoms with Crippen LogP contribution in [0.1, 0.15) is 59.8 Å². The standard InChI is InChI=1S/C9H19N.C3H8/c1-3-5-9-8(2)6-4-7-10-9;1-3-2/h8-10H,3-7H2,1-2H3;3H2,1-2H3/t8-,9-;/m0./s1. The fourth-order valence-corrected chi connectivity index (χ4v) is 1.81. The minimum atomic E-state index is 0.818. The molecule has 0 radical (unpaired) electrons. The summed E-state index contributed by atoms with van der Waals surface area (Å²) >= 11 is 0. The second-order valence-corrected chi connectivity index (χ2v) is 4.18. The van der Waals surface area contributed by atoms with Crippen LogP contribution in [-0.2, 0) is 0 Å². The molecule has 0 bridgehead atoms. The molecule has 0 aliphatic carbocycles. The summed E-state index contributed by atoms with van der Waals surface area (Å²) < 4.78 is 0.